The number of hydrogen-bond donors (Lipinski definition) is 1. The first kappa shape index (κ1) is 15.0. The molecule has 0 aromatic rings. The van der Waals surface area contributed by atoms with Gasteiger partial charge in [0.05, 0.1) is 6.10 Å². The quantitative estimate of drug-likeness (QED) is 0.791. The lowest BCUT2D eigenvalue weighted by molar-refractivity contribution is -0.151. The first-order valence-electron chi connectivity index (χ1n) is 6.60. The molecule has 1 aliphatic heterocycles. The largest absolute Gasteiger partial charge is 0.377 e. The van der Waals surface area contributed by atoms with E-state index in [1.807, 2.05) is 27.7 Å². The van der Waals surface area contributed by atoms with Crippen molar-refractivity contribution in [2.24, 2.45) is 5.92 Å². The van der Waals surface area contributed by atoms with Crippen molar-refractivity contribution in [3.05, 3.63) is 0 Å². The SMILES string of the molecule is CCOC(C)CN1C(=O)C(C(C)C)NC(=O)C1C. The maximum atomic E-state index is 12.3. The van der Waals surface area contributed by atoms with Gasteiger partial charge in [0.25, 0.3) is 0 Å². The lowest BCUT2D eigenvalue weighted by Crippen LogP contribution is -2.64. The van der Waals surface area contributed by atoms with Crippen LogP contribution >= 0.6 is 0 Å². The first-order chi connectivity index (χ1) is 8.38. The Balaban J connectivity index is 2.78. The Labute approximate surface area is 109 Å². The second-order valence-corrected chi connectivity index (χ2v) is 5.16. The molecule has 0 saturated carbocycles. The minimum absolute atomic E-state index is 0.0105. The second kappa shape index (κ2) is 6.18. The standard InChI is InChI=1S/C13H24N2O3/c1-6-18-9(4)7-15-10(5)12(16)14-11(8(2)3)13(15)17/h8-11H,6-7H2,1-5H3,(H,14,16). The van der Waals surface area contributed by atoms with Gasteiger partial charge in [0.1, 0.15) is 12.1 Å². The molecule has 0 spiro atoms. The van der Waals surface area contributed by atoms with Crippen molar-refractivity contribution in [3.63, 3.8) is 0 Å². The average Bonchev–Trinajstić information content (AvgIpc) is 2.29. The molecule has 3 atom stereocenters. The van der Waals surface area contributed by atoms with E-state index >= 15 is 0 Å². The lowest BCUT2D eigenvalue weighted by Gasteiger charge is -2.39. The van der Waals surface area contributed by atoms with Crippen LogP contribution in [0.3, 0.4) is 0 Å². The number of rotatable bonds is 5. The molecular weight excluding hydrogens is 232 g/mol. The maximum absolute atomic E-state index is 12.3. The summed E-state index contributed by atoms with van der Waals surface area (Å²) in [7, 11) is 0. The third-order valence-electron chi connectivity index (χ3n) is 3.27. The number of hydrogen-bond acceptors (Lipinski definition) is 3. The fourth-order valence-electron chi connectivity index (χ4n) is 2.16. The van der Waals surface area contributed by atoms with Gasteiger partial charge in [0.2, 0.25) is 11.8 Å². The minimum Gasteiger partial charge on any atom is -0.377 e. The molecule has 1 saturated heterocycles. The summed E-state index contributed by atoms with van der Waals surface area (Å²) < 4.78 is 5.45. The number of ether oxygens (including phenoxy) is 1. The zero-order valence-electron chi connectivity index (χ0n) is 11.9. The fourth-order valence-corrected chi connectivity index (χ4v) is 2.16. The first-order valence-corrected chi connectivity index (χ1v) is 6.60. The van der Waals surface area contributed by atoms with E-state index in [9.17, 15) is 9.59 Å². The molecule has 3 unspecified atom stereocenters. The number of piperazine rings is 1. The van der Waals surface area contributed by atoms with E-state index in [2.05, 4.69) is 5.32 Å². The zero-order chi connectivity index (χ0) is 13.9. The average molecular weight is 256 g/mol. The molecule has 0 aromatic heterocycles. The van der Waals surface area contributed by atoms with Crippen LogP contribution in [0.5, 0.6) is 0 Å². The smallest absolute Gasteiger partial charge is 0.246 e. The van der Waals surface area contributed by atoms with Gasteiger partial charge in [0, 0.05) is 13.2 Å². The van der Waals surface area contributed by atoms with Crippen molar-refractivity contribution in [3.8, 4) is 0 Å². The van der Waals surface area contributed by atoms with E-state index in [4.69, 9.17) is 4.74 Å². The van der Waals surface area contributed by atoms with E-state index < -0.39 is 12.1 Å². The Hall–Kier alpha value is -1.10. The van der Waals surface area contributed by atoms with Gasteiger partial charge in [-0.05, 0) is 26.7 Å². The number of carbonyl (C=O) groups excluding carboxylic acids is 2. The van der Waals surface area contributed by atoms with E-state index in [0.717, 1.165) is 0 Å². The molecule has 1 fully saturated rings. The third kappa shape index (κ3) is 3.22. The van der Waals surface area contributed by atoms with Gasteiger partial charge in [-0.3, -0.25) is 9.59 Å². The molecule has 1 rings (SSSR count). The van der Waals surface area contributed by atoms with Gasteiger partial charge in [0.15, 0.2) is 0 Å². The van der Waals surface area contributed by atoms with Gasteiger partial charge < -0.3 is 15.0 Å². The van der Waals surface area contributed by atoms with Crippen LogP contribution in [0.15, 0.2) is 0 Å². The normalized spacial score (nSPS) is 26.4. The van der Waals surface area contributed by atoms with E-state index in [1.165, 1.54) is 0 Å². The zero-order valence-corrected chi connectivity index (χ0v) is 11.9. The maximum Gasteiger partial charge on any atom is 0.246 e. The van der Waals surface area contributed by atoms with Crippen molar-refractivity contribution < 1.29 is 14.3 Å². The molecule has 1 heterocycles. The Morgan fingerprint density at radius 1 is 1.33 bits per heavy atom. The van der Waals surface area contributed by atoms with Crippen LogP contribution in [-0.4, -0.2) is 48.1 Å². The number of nitrogens with one attached hydrogen (secondary N) is 1. The molecule has 104 valence electrons. The van der Waals surface area contributed by atoms with E-state index in [0.29, 0.717) is 13.2 Å². The summed E-state index contributed by atoms with van der Waals surface area (Å²) in [5, 5.41) is 2.78. The highest BCUT2D eigenvalue weighted by Crippen LogP contribution is 2.16. The molecule has 18 heavy (non-hydrogen) atoms. The Bertz CT molecular complexity index is 317. The van der Waals surface area contributed by atoms with Crippen molar-refractivity contribution in [1.82, 2.24) is 10.2 Å². The van der Waals surface area contributed by atoms with Crippen molar-refractivity contribution in [2.45, 2.75) is 52.8 Å². The van der Waals surface area contributed by atoms with Crippen LogP contribution in [0.4, 0.5) is 0 Å². The highest BCUT2D eigenvalue weighted by atomic mass is 16.5. The topological polar surface area (TPSA) is 58.6 Å². The second-order valence-electron chi connectivity index (χ2n) is 5.16. The van der Waals surface area contributed by atoms with Crippen LogP contribution in [-0.2, 0) is 14.3 Å². The van der Waals surface area contributed by atoms with Gasteiger partial charge in [-0.25, -0.2) is 0 Å². The summed E-state index contributed by atoms with van der Waals surface area (Å²) in [6.07, 6.45) is -0.0555. The number of amides is 2. The molecule has 0 aliphatic carbocycles. The molecule has 0 aromatic carbocycles. The summed E-state index contributed by atoms with van der Waals surface area (Å²) in [6, 6.07) is -0.835. The Morgan fingerprint density at radius 2 is 1.94 bits per heavy atom. The molecule has 5 nitrogen and oxygen atoms in total. The highest BCUT2D eigenvalue weighted by molar-refractivity contribution is 5.96. The monoisotopic (exact) mass is 256 g/mol. The van der Waals surface area contributed by atoms with Crippen LogP contribution in [0, 0.1) is 5.92 Å². The third-order valence-corrected chi connectivity index (χ3v) is 3.27. The van der Waals surface area contributed by atoms with Crippen LogP contribution in [0.2, 0.25) is 0 Å². The van der Waals surface area contributed by atoms with Gasteiger partial charge in [-0.15, -0.1) is 0 Å². The molecular formula is C13H24N2O3. The highest BCUT2D eigenvalue weighted by Gasteiger charge is 2.39. The van der Waals surface area contributed by atoms with Gasteiger partial charge in [-0.2, -0.15) is 0 Å². The summed E-state index contributed by atoms with van der Waals surface area (Å²) >= 11 is 0. The molecule has 0 radical (unpaired) electrons. The fraction of sp³-hybridized carbons (Fsp3) is 0.846. The predicted molar refractivity (Wildman–Crippen MR) is 69.0 cm³/mol. The molecule has 1 aliphatic rings. The van der Waals surface area contributed by atoms with E-state index in [-0.39, 0.29) is 23.8 Å². The van der Waals surface area contributed by atoms with Crippen LogP contribution in [0.25, 0.3) is 0 Å². The summed E-state index contributed by atoms with van der Waals surface area (Å²) in [6.45, 7) is 10.5. The Kier molecular flexibility index (Phi) is 5.14. The molecule has 5 heteroatoms. The molecule has 2 amide bonds. The van der Waals surface area contributed by atoms with Crippen molar-refractivity contribution in [1.29, 1.82) is 0 Å². The van der Waals surface area contributed by atoms with Gasteiger partial charge >= 0.3 is 0 Å². The van der Waals surface area contributed by atoms with Crippen LogP contribution in [0.1, 0.15) is 34.6 Å². The Morgan fingerprint density at radius 3 is 2.44 bits per heavy atom. The minimum atomic E-state index is -0.421. The molecule has 1 N–H and O–H groups in total. The predicted octanol–water partition coefficient (Wildman–Crippen LogP) is 0.783. The summed E-state index contributed by atoms with van der Waals surface area (Å²) in [5.41, 5.74) is 0. The lowest BCUT2D eigenvalue weighted by atomic mass is 9.98. The van der Waals surface area contributed by atoms with E-state index in [1.54, 1.807) is 11.8 Å². The van der Waals surface area contributed by atoms with Crippen LogP contribution < -0.4 is 5.32 Å². The van der Waals surface area contributed by atoms with Crippen molar-refractivity contribution in [2.75, 3.05) is 13.2 Å². The van der Waals surface area contributed by atoms with Crippen molar-refractivity contribution >= 4 is 11.8 Å². The summed E-state index contributed by atoms with van der Waals surface area (Å²) in [4.78, 5) is 25.8. The molecule has 0 bridgehead atoms. The van der Waals surface area contributed by atoms with Gasteiger partial charge in [-0.1, -0.05) is 13.8 Å². The number of nitrogens with zero attached hydrogens (tertiary/aromatic N) is 1. The summed E-state index contributed by atoms with van der Waals surface area (Å²) in [5.74, 6) is -0.000462. The number of carbonyl (C=O) groups is 2.